The highest BCUT2D eigenvalue weighted by Crippen LogP contribution is 2.21. The van der Waals surface area contributed by atoms with Gasteiger partial charge < -0.3 is 0 Å². The Kier molecular flexibility index (Phi) is 3.16. The second-order valence-electron chi connectivity index (χ2n) is 1.88. The zero-order valence-electron chi connectivity index (χ0n) is 6.13. The Bertz CT molecular complexity index is 189. The van der Waals surface area contributed by atoms with Crippen molar-refractivity contribution in [2.75, 3.05) is 12.5 Å². The van der Waals surface area contributed by atoms with Gasteiger partial charge in [0.25, 0.3) is 0 Å². The van der Waals surface area contributed by atoms with Crippen LogP contribution in [0.1, 0.15) is 0 Å². The van der Waals surface area contributed by atoms with Crippen LogP contribution in [0.3, 0.4) is 0 Å². The number of hydrogen-bond acceptors (Lipinski definition) is 2. The Morgan fingerprint density at radius 2 is 1.50 bits per heavy atom. The van der Waals surface area contributed by atoms with Crippen molar-refractivity contribution in [2.45, 2.75) is 9.79 Å². The van der Waals surface area contributed by atoms with Crippen LogP contribution in [0.25, 0.3) is 0 Å². The first-order valence-corrected chi connectivity index (χ1v) is 5.50. The van der Waals surface area contributed by atoms with Crippen LogP contribution < -0.4 is 0 Å². The smallest absolute Gasteiger partial charge is 0.00802 e. The van der Waals surface area contributed by atoms with Crippen molar-refractivity contribution in [3.05, 3.63) is 24.3 Å². The molecule has 0 spiro atoms. The van der Waals surface area contributed by atoms with E-state index in [-0.39, 0.29) is 0 Å². The predicted octanol–water partition coefficient (Wildman–Crippen LogP) is 3.13. The molecule has 1 rings (SSSR count). The molecule has 0 saturated carbocycles. The molecule has 0 nitrogen and oxygen atoms in total. The minimum absolute atomic E-state index is 1.34. The maximum absolute atomic E-state index is 2.20. The number of hydrogen-bond donors (Lipinski definition) is 0. The van der Waals surface area contributed by atoms with Crippen molar-refractivity contribution in [3.63, 3.8) is 0 Å². The van der Waals surface area contributed by atoms with Crippen LogP contribution in [0.15, 0.2) is 34.1 Å². The summed E-state index contributed by atoms with van der Waals surface area (Å²) in [5, 5.41) is 0. The molecule has 0 atom stereocenters. The van der Waals surface area contributed by atoms with Gasteiger partial charge in [-0.15, -0.1) is 23.5 Å². The van der Waals surface area contributed by atoms with Crippen LogP contribution in [0.2, 0.25) is 0 Å². The van der Waals surface area contributed by atoms with Crippen LogP contribution in [0.5, 0.6) is 0 Å². The normalized spacial score (nSPS) is 9.80. The minimum atomic E-state index is 1.34. The summed E-state index contributed by atoms with van der Waals surface area (Å²) in [6.45, 7) is 0. The minimum Gasteiger partial charge on any atom is -0.130 e. The Morgan fingerprint density at radius 1 is 1.00 bits per heavy atom. The molecule has 0 aromatic heterocycles. The number of thioether (sulfide) groups is 2. The van der Waals surface area contributed by atoms with E-state index in [0.29, 0.717) is 0 Å². The molecule has 0 aliphatic rings. The van der Waals surface area contributed by atoms with E-state index in [1.807, 2.05) is 0 Å². The standard InChI is InChI=1S/C8H10S2/c1-9-7-4-3-5-8(6-7)10-2/h3-6H,1-2H3. The van der Waals surface area contributed by atoms with E-state index >= 15 is 0 Å². The first-order valence-electron chi connectivity index (χ1n) is 3.05. The molecule has 2 heteroatoms. The molecule has 0 bridgehead atoms. The van der Waals surface area contributed by atoms with E-state index in [4.69, 9.17) is 0 Å². The van der Waals surface area contributed by atoms with Gasteiger partial charge in [-0.3, -0.25) is 0 Å². The predicted molar refractivity (Wildman–Crippen MR) is 50.0 cm³/mol. The molecule has 0 aliphatic carbocycles. The van der Waals surface area contributed by atoms with E-state index in [9.17, 15) is 0 Å². The van der Waals surface area contributed by atoms with Crippen LogP contribution in [0, 0.1) is 0 Å². The quantitative estimate of drug-likeness (QED) is 0.625. The molecule has 0 fully saturated rings. The van der Waals surface area contributed by atoms with Crippen molar-refractivity contribution in [1.29, 1.82) is 0 Å². The highest BCUT2D eigenvalue weighted by Gasteiger charge is 1.90. The fourth-order valence-electron chi connectivity index (χ4n) is 0.728. The molecule has 54 valence electrons. The van der Waals surface area contributed by atoms with Crippen LogP contribution in [-0.2, 0) is 0 Å². The van der Waals surface area contributed by atoms with Crippen molar-refractivity contribution in [1.82, 2.24) is 0 Å². The van der Waals surface area contributed by atoms with Gasteiger partial charge in [0.15, 0.2) is 0 Å². The zero-order chi connectivity index (χ0) is 7.40. The van der Waals surface area contributed by atoms with Crippen molar-refractivity contribution in [2.24, 2.45) is 0 Å². The Hall–Kier alpha value is -0.0800. The third kappa shape index (κ3) is 1.96. The van der Waals surface area contributed by atoms with Gasteiger partial charge in [-0.1, -0.05) is 6.07 Å². The third-order valence-corrected chi connectivity index (χ3v) is 2.73. The van der Waals surface area contributed by atoms with E-state index in [0.717, 1.165) is 0 Å². The van der Waals surface area contributed by atoms with Gasteiger partial charge >= 0.3 is 0 Å². The lowest BCUT2D eigenvalue weighted by Gasteiger charge is -1.97. The Balaban J connectivity index is 2.87. The average molecular weight is 170 g/mol. The fraction of sp³-hybridized carbons (Fsp3) is 0.250. The van der Waals surface area contributed by atoms with Gasteiger partial charge in [0.2, 0.25) is 0 Å². The van der Waals surface area contributed by atoms with E-state index in [1.165, 1.54) is 9.79 Å². The highest BCUT2D eigenvalue weighted by atomic mass is 32.2. The SMILES string of the molecule is CSc1cccc(SC)c1. The molecular formula is C8H10S2. The summed E-state index contributed by atoms with van der Waals surface area (Å²) < 4.78 is 0. The van der Waals surface area contributed by atoms with Crippen molar-refractivity contribution < 1.29 is 0 Å². The molecule has 1 aromatic rings. The fourth-order valence-corrected chi connectivity index (χ4v) is 1.72. The Morgan fingerprint density at radius 3 is 1.90 bits per heavy atom. The molecule has 0 saturated heterocycles. The first kappa shape index (κ1) is 8.02. The summed E-state index contributed by atoms with van der Waals surface area (Å²) in [5.74, 6) is 0. The highest BCUT2D eigenvalue weighted by molar-refractivity contribution is 7.99. The van der Waals surface area contributed by atoms with Crippen LogP contribution in [0.4, 0.5) is 0 Å². The van der Waals surface area contributed by atoms with Gasteiger partial charge in [0.1, 0.15) is 0 Å². The van der Waals surface area contributed by atoms with Gasteiger partial charge in [-0.05, 0) is 30.7 Å². The molecule has 0 amide bonds. The summed E-state index contributed by atoms with van der Waals surface area (Å²) in [6.07, 6.45) is 4.19. The summed E-state index contributed by atoms with van der Waals surface area (Å²) >= 11 is 3.57. The van der Waals surface area contributed by atoms with Crippen molar-refractivity contribution >= 4 is 23.5 Å². The Labute approximate surface area is 70.4 Å². The molecular weight excluding hydrogens is 160 g/mol. The first-order chi connectivity index (χ1) is 4.86. The molecule has 0 radical (unpaired) electrons. The second kappa shape index (κ2) is 3.94. The summed E-state index contributed by atoms with van der Waals surface area (Å²) in [4.78, 5) is 2.68. The molecule has 0 N–H and O–H groups in total. The topological polar surface area (TPSA) is 0 Å². The summed E-state index contributed by atoms with van der Waals surface area (Å²) in [6, 6.07) is 8.56. The van der Waals surface area contributed by atoms with E-state index < -0.39 is 0 Å². The van der Waals surface area contributed by atoms with Crippen LogP contribution in [-0.4, -0.2) is 12.5 Å². The lowest BCUT2D eigenvalue weighted by molar-refractivity contribution is 1.34. The second-order valence-corrected chi connectivity index (χ2v) is 3.64. The molecule has 10 heavy (non-hydrogen) atoms. The molecule has 0 unspecified atom stereocenters. The molecule has 1 aromatic carbocycles. The largest absolute Gasteiger partial charge is 0.130 e. The lowest BCUT2D eigenvalue weighted by atomic mass is 10.4. The third-order valence-electron chi connectivity index (χ3n) is 1.28. The van der Waals surface area contributed by atoms with Crippen LogP contribution >= 0.6 is 23.5 Å². The number of rotatable bonds is 2. The van der Waals surface area contributed by atoms with Gasteiger partial charge in [0, 0.05) is 9.79 Å². The molecule has 0 aliphatic heterocycles. The monoisotopic (exact) mass is 170 g/mol. The van der Waals surface area contributed by atoms with E-state index in [1.54, 1.807) is 23.5 Å². The maximum Gasteiger partial charge on any atom is 0.00802 e. The summed E-state index contributed by atoms with van der Waals surface area (Å²) in [5.41, 5.74) is 0. The van der Waals surface area contributed by atoms with Gasteiger partial charge in [-0.25, -0.2) is 0 Å². The maximum atomic E-state index is 2.20. The van der Waals surface area contributed by atoms with Gasteiger partial charge in [-0.2, -0.15) is 0 Å². The lowest BCUT2D eigenvalue weighted by Crippen LogP contribution is -1.70. The molecule has 0 heterocycles. The van der Waals surface area contributed by atoms with E-state index in [2.05, 4.69) is 36.8 Å². The van der Waals surface area contributed by atoms with Crippen molar-refractivity contribution in [3.8, 4) is 0 Å². The number of benzene rings is 1. The average Bonchev–Trinajstić information content (AvgIpc) is 2.05. The summed E-state index contributed by atoms with van der Waals surface area (Å²) in [7, 11) is 0. The van der Waals surface area contributed by atoms with Gasteiger partial charge in [0.05, 0.1) is 0 Å². The zero-order valence-corrected chi connectivity index (χ0v) is 7.76.